The number of ether oxygens (including phenoxy) is 1. The first-order chi connectivity index (χ1) is 8.36. The third-order valence-corrected chi connectivity index (χ3v) is 4.35. The van der Waals surface area contributed by atoms with Crippen LogP contribution in [0.3, 0.4) is 0 Å². The monoisotopic (exact) mass is 269 g/mol. The summed E-state index contributed by atoms with van der Waals surface area (Å²) in [5.41, 5.74) is 1.20. The number of aliphatic hydroxyl groups is 1. The summed E-state index contributed by atoms with van der Waals surface area (Å²) in [5, 5.41) is 13.4. The van der Waals surface area contributed by atoms with Gasteiger partial charge in [0, 0.05) is 23.1 Å². The number of aromatic nitrogens is 1. The molecule has 1 aromatic heterocycles. The highest BCUT2D eigenvalue weighted by Gasteiger charge is 2.29. The van der Waals surface area contributed by atoms with Gasteiger partial charge in [-0.15, -0.1) is 11.3 Å². The highest BCUT2D eigenvalue weighted by Crippen LogP contribution is 2.27. The van der Waals surface area contributed by atoms with Gasteiger partial charge in [0.05, 0.1) is 29.5 Å². The summed E-state index contributed by atoms with van der Waals surface area (Å²) in [6.45, 7) is 9.23. The lowest BCUT2D eigenvalue weighted by molar-refractivity contribution is 0.0806. The second-order valence-corrected chi connectivity index (χ2v) is 7.23. The molecule has 2 heterocycles. The highest BCUT2D eigenvalue weighted by atomic mass is 32.1. The Morgan fingerprint density at radius 2 is 2.28 bits per heavy atom. The molecule has 0 spiro atoms. The van der Waals surface area contributed by atoms with Crippen LogP contribution in [-0.4, -0.2) is 28.9 Å². The molecule has 18 heavy (non-hydrogen) atoms. The third kappa shape index (κ3) is 3.31. The zero-order valence-corrected chi connectivity index (χ0v) is 12.5. The van der Waals surface area contributed by atoms with Crippen molar-refractivity contribution in [3.8, 4) is 0 Å². The first-order valence-electron chi connectivity index (χ1n) is 6.61. The molecular formula is C14H23NO2S. The van der Waals surface area contributed by atoms with Crippen molar-refractivity contribution in [2.75, 3.05) is 6.61 Å². The topological polar surface area (TPSA) is 42.4 Å². The van der Waals surface area contributed by atoms with Gasteiger partial charge in [0.2, 0.25) is 0 Å². The quantitative estimate of drug-likeness (QED) is 0.917. The summed E-state index contributed by atoms with van der Waals surface area (Å²) < 4.78 is 5.51. The smallest absolute Gasteiger partial charge is 0.0954 e. The maximum atomic E-state index is 10.2. The van der Waals surface area contributed by atoms with E-state index in [1.807, 2.05) is 0 Å². The molecule has 1 aromatic rings. The van der Waals surface area contributed by atoms with Crippen molar-refractivity contribution in [3.05, 3.63) is 16.1 Å². The van der Waals surface area contributed by atoms with Crippen LogP contribution in [0.4, 0.5) is 0 Å². The minimum absolute atomic E-state index is 0.0880. The average Bonchev–Trinajstić information content (AvgIpc) is 2.85. The molecule has 1 fully saturated rings. The summed E-state index contributed by atoms with van der Waals surface area (Å²) in [6, 6.07) is 0. The first kappa shape index (κ1) is 14.0. The van der Waals surface area contributed by atoms with Gasteiger partial charge >= 0.3 is 0 Å². The molecule has 1 N–H and O–H groups in total. The number of rotatable bonds is 3. The molecule has 1 aliphatic rings. The fourth-order valence-electron chi connectivity index (χ4n) is 2.21. The highest BCUT2D eigenvalue weighted by molar-refractivity contribution is 7.09. The molecule has 2 rings (SSSR count). The van der Waals surface area contributed by atoms with Crippen LogP contribution in [0.15, 0.2) is 5.38 Å². The molecule has 3 atom stereocenters. The molecule has 0 saturated carbocycles. The van der Waals surface area contributed by atoms with Crippen LogP contribution in [0.2, 0.25) is 0 Å². The Kier molecular flexibility index (Phi) is 4.09. The van der Waals surface area contributed by atoms with E-state index >= 15 is 0 Å². The van der Waals surface area contributed by atoms with E-state index in [1.165, 1.54) is 0 Å². The van der Waals surface area contributed by atoms with E-state index in [0.717, 1.165) is 17.1 Å². The zero-order valence-electron chi connectivity index (χ0n) is 11.6. The fraction of sp³-hybridized carbons (Fsp3) is 0.786. The van der Waals surface area contributed by atoms with Gasteiger partial charge in [-0.05, 0) is 13.3 Å². The maximum absolute atomic E-state index is 10.2. The number of hydrogen-bond donors (Lipinski definition) is 1. The van der Waals surface area contributed by atoms with Gasteiger partial charge in [0.1, 0.15) is 0 Å². The third-order valence-electron chi connectivity index (χ3n) is 3.48. The van der Waals surface area contributed by atoms with Gasteiger partial charge in [-0.1, -0.05) is 20.8 Å². The standard InChI is InChI=1S/C14H23NO2S/c1-9-5-10(7-17-9)11(16)6-13-15-12(8-18-13)14(2,3)4/h8-11,16H,5-7H2,1-4H3. The van der Waals surface area contributed by atoms with E-state index in [1.54, 1.807) is 11.3 Å². The van der Waals surface area contributed by atoms with Crippen molar-refractivity contribution in [2.45, 2.75) is 58.2 Å². The predicted molar refractivity (Wildman–Crippen MR) is 74.0 cm³/mol. The second kappa shape index (κ2) is 5.27. The van der Waals surface area contributed by atoms with Crippen molar-refractivity contribution >= 4 is 11.3 Å². The first-order valence-corrected chi connectivity index (χ1v) is 7.49. The molecule has 1 aliphatic heterocycles. The Bertz CT molecular complexity index is 397. The van der Waals surface area contributed by atoms with Crippen LogP contribution >= 0.6 is 11.3 Å². The van der Waals surface area contributed by atoms with E-state index in [-0.39, 0.29) is 23.5 Å². The Balaban J connectivity index is 1.95. The molecule has 4 heteroatoms. The van der Waals surface area contributed by atoms with Crippen molar-refractivity contribution in [3.63, 3.8) is 0 Å². The molecule has 0 aromatic carbocycles. The summed E-state index contributed by atoms with van der Waals surface area (Å²) in [5.74, 6) is 0.266. The van der Waals surface area contributed by atoms with E-state index < -0.39 is 0 Å². The van der Waals surface area contributed by atoms with Crippen molar-refractivity contribution in [2.24, 2.45) is 5.92 Å². The van der Waals surface area contributed by atoms with Gasteiger partial charge in [-0.25, -0.2) is 4.98 Å². The molecule has 0 amide bonds. The van der Waals surface area contributed by atoms with E-state index in [2.05, 4.69) is 38.1 Å². The van der Waals surface area contributed by atoms with Gasteiger partial charge in [0.25, 0.3) is 0 Å². The van der Waals surface area contributed by atoms with E-state index in [0.29, 0.717) is 13.0 Å². The van der Waals surface area contributed by atoms with E-state index in [9.17, 15) is 5.11 Å². The van der Waals surface area contributed by atoms with Crippen molar-refractivity contribution < 1.29 is 9.84 Å². The van der Waals surface area contributed by atoms with Crippen molar-refractivity contribution in [1.82, 2.24) is 4.98 Å². The lowest BCUT2D eigenvalue weighted by atomic mass is 9.93. The maximum Gasteiger partial charge on any atom is 0.0954 e. The van der Waals surface area contributed by atoms with Crippen molar-refractivity contribution in [1.29, 1.82) is 0 Å². The van der Waals surface area contributed by atoms with Gasteiger partial charge in [0.15, 0.2) is 0 Å². The lowest BCUT2D eigenvalue weighted by Gasteiger charge is -2.16. The molecule has 3 unspecified atom stereocenters. The molecule has 3 nitrogen and oxygen atoms in total. The molecule has 0 aliphatic carbocycles. The van der Waals surface area contributed by atoms with Crippen LogP contribution in [0.25, 0.3) is 0 Å². The van der Waals surface area contributed by atoms with Crippen LogP contribution < -0.4 is 0 Å². The minimum Gasteiger partial charge on any atom is -0.392 e. The second-order valence-electron chi connectivity index (χ2n) is 6.29. The molecule has 1 saturated heterocycles. The molecular weight excluding hydrogens is 246 g/mol. The number of thiazole rings is 1. The molecule has 102 valence electrons. The average molecular weight is 269 g/mol. The number of aliphatic hydroxyl groups excluding tert-OH is 1. The molecule has 0 radical (unpaired) electrons. The largest absolute Gasteiger partial charge is 0.392 e. The molecule has 0 bridgehead atoms. The van der Waals surface area contributed by atoms with Gasteiger partial charge < -0.3 is 9.84 Å². The lowest BCUT2D eigenvalue weighted by Crippen LogP contribution is -2.23. The Labute approximate surface area is 113 Å². The van der Waals surface area contributed by atoms with E-state index in [4.69, 9.17) is 4.74 Å². The predicted octanol–water partition coefficient (Wildman–Crippen LogP) is 2.77. The fourth-order valence-corrected chi connectivity index (χ4v) is 3.29. The minimum atomic E-state index is -0.325. The van der Waals surface area contributed by atoms with Crippen LogP contribution in [0, 0.1) is 5.92 Å². The number of hydrogen-bond acceptors (Lipinski definition) is 4. The summed E-state index contributed by atoms with van der Waals surface area (Å²) in [4.78, 5) is 4.63. The summed E-state index contributed by atoms with van der Waals surface area (Å²) >= 11 is 1.65. The van der Waals surface area contributed by atoms with Crippen LogP contribution in [-0.2, 0) is 16.6 Å². The summed E-state index contributed by atoms with van der Waals surface area (Å²) in [7, 11) is 0. The van der Waals surface area contributed by atoms with Gasteiger partial charge in [-0.3, -0.25) is 0 Å². The van der Waals surface area contributed by atoms with Crippen LogP contribution in [0.1, 0.15) is 44.8 Å². The summed E-state index contributed by atoms with van der Waals surface area (Å²) in [6.07, 6.45) is 1.57. The van der Waals surface area contributed by atoms with Gasteiger partial charge in [-0.2, -0.15) is 0 Å². The zero-order chi connectivity index (χ0) is 13.3. The number of nitrogens with zero attached hydrogens (tertiary/aromatic N) is 1. The Hall–Kier alpha value is -0.450. The Morgan fingerprint density at radius 3 is 2.78 bits per heavy atom. The SMILES string of the molecule is CC1CC(C(O)Cc2nc(C(C)(C)C)cs2)CO1. The Morgan fingerprint density at radius 1 is 1.56 bits per heavy atom. The van der Waals surface area contributed by atoms with Crippen LogP contribution in [0.5, 0.6) is 0 Å². The normalized spacial score (nSPS) is 26.5.